The van der Waals surface area contributed by atoms with Crippen LogP contribution in [0.5, 0.6) is 0 Å². The molecular weight excluding hydrogens is 372 g/mol. The number of carboxylic acids is 1. The first-order valence-electron chi connectivity index (χ1n) is 7.26. The largest absolute Gasteiger partial charge is 0.480 e. The van der Waals surface area contributed by atoms with Gasteiger partial charge in [-0.3, -0.25) is 9.69 Å². The molecule has 2 unspecified atom stereocenters. The van der Waals surface area contributed by atoms with Gasteiger partial charge in [-0.05, 0) is 29.8 Å². The van der Waals surface area contributed by atoms with E-state index >= 15 is 0 Å². The fourth-order valence-electron chi connectivity index (χ4n) is 2.76. The van der Waals surface area contributed by atoms with Crippen LogP contribution in [-0.2, 0) is 11.3 Å². The minimum Gasteiger partial charge on any atom is -0.480 e. The summed E-state index contributed by atoms with van der Waals surface area (Å²) in [4.78, 5) is 13.4. The first kappa shape index (κ1) is 17.5. The van der Waals surface area contributed by atoms with E-state index in [2.05, 4.69) is 0 Å². The van der Waals surface area contributed by atoms with Gasteiger partial charge in [0.2, 0.25) is 0 Å². The fourth-order valence-corrected chi connectivity index (χ4v) is 4.63. The summed E-state index contributed by atoms with van der Waals surface area (Å²) in [7, 11) is 0. The molecule has 3 rings (SSSR count). The van der Waals surface area contributed by atoms with Crippen LogP contribution in [0.25, 0.3) is 0 Å². The Bertz CT molecular complexity index is 754. The number of hydrogen-bond donors (Lipinski definition) is 1. The van der Waals surface area contributed by atoms with E-state index < -0.39 is 17.8 Å². The quantitative estimate of drug-likeness (QED) is 0.817. The van der Waals surface area contributed by atoms with Crippen molar-refractivity contribution < 1.29 is 14.3 Å². The molecule has 1 N–H and O–H groups in total. The molecule has 1 saturated heterocycles. The number of hydrogen-bond acceptors (Lipinski definition) is 3. The van der Waals surface area contributed by atoms with Crippen LogP contribution in [0.2, 0.25) is 10.0 Å². The molecule has 0 saturated carbocycles. The second-order valence-corrected chi connectivity index (χ2v) is 7.42. The molecule has 1 fully saturated rings. The first-order valence-corrected chi connectivity index (χ1v) is 9.06. The van der Waals surface area contributed by atoms with Crippen molar-refractivity contribution in [3.8, 4) is 0 Å². The van der Waals surface area contributed by atoms with E-state index in [1.165, 1.54) is 23.9 Å². The lowest BCUT2D eigenvalue weighted by atomic mass is 10.1. The Labute approximate surface area is 153 Å². The minimum atomic E-state index is -0.931. The Hall–Kier alpha value is -1.27. The van der Waals surface area contributed by atoms with Crippen molar-refractivity contribution in [2.24, 2.45) is 0 Å². The summed E-state index contributed by atoms with van der Waals surface area (Å²) in [6.45, 7) is 0.118. The van der Waals surface area contributed by atoms with Crippen LogP contribution < -0.4 is 0 Å². The molecule has 2 aromatic rings. The van der Waals surface area contributed by atoms with Crippen LogP contribution in [-0.4, -0.2) is 27.8 Å². The molecule has 0 spiro atoms. The van der Waals surface area contributed by atoms with Gasteiger partial charge in [0.25, 0.3) is 0 Å². The van der Waals surface area contributed by atoms with E-state index in [0.29, 0.717) is 21.4 Å². The first-order chi connectivity index (χ1) is 11.5. The number of rotatable bonds is 4. The van der Waals surface area contributed by atoms with Crippen LogP contribution in [0.3, 0.4) is 0 Å². The van der Waals surface area contributed by atoms with Crippen molar-refractivity contribution in [3.05, 3.63) is 69.5 Å². The van der Waals surface area contributed by atoms with Crippen LogP contribution in [0, 0.1) is 5.82 Å². The average molecular weight is 386 g/mol. The number of thioether (sulfide) groups is 1. The van der Waals surface area contributed by atoms with Crippen LogP contribution in [0.15, 0.2) is 42.5 Å². The van der Waals surface area contributed by atoms with E-state index in [0.717, 1.165) is 5.56 Å². The van der Waals surface area contributed by atoms with Crippen LogP contribution in [0.1, 0.15) is 16.5 Å². The van der Waals surface area contributed by atoms with Crippen molar-refractivity contribution in [2.75, 3.05) is 5.75 Å². The summed E-state index contributed by atoms with van der Waals surface area (Å²) in [6, 6.07) is 11.0. The van der Waals surface area contributed by atoms with Crippen molar-refractivity contribution >= 4 is 40.9 Å². The van der Waals surface area contributed by atoms with Gasteiger partial charge in [-0.2, -0.15) is 0 Å². The lowest BCUT2D eigenvalue weighted by Gasteiger charge is -2.28. The van der Waals surface area contributed by atoms with Gasteiger partial charge in [0.05, 0.1) is 5.37 Å². The topological polar surface area (TPSA) is 40.5 Å². The third kappa shape index (κ3) is 3.54. The second-order valence-electron chi connectivity index (χ2n) is 5.47. The Balaban J connectivity index is 1.96. The van der Waals surface area contributed by atoms with Crippen molar-refractivity contribution in [1.82, 2.24) is 4.90 Å². The summed E-state index contributed by atoms with van der Waals surface area (Å²) in [5, 5.41) is 10.2. The number of benzene rings is 2. The lowest BCUT2D eigenvalue weighted by Crippen LogP contribution is -2.38. The molecule has 0 aromatic heterocycles. The summed E-state index contributed by atoms with van der Waals surface area (Å²) < 4.78 is 14.1. The molecule has 3 nitrogen and oxygen atoms in total. The Morgan fingerprint density at radius 1 is 1.29 bits per heavy atom. The zero-order valence-electron chi connectivity index (χ0n) is 12.5. The lowest BCUT2D eigenvalue weighted by molar-refractivity contribution is -0.142. The molecule has 0 bridgehead atoms. The maximum absolute atomic E-state index is 14.1. The third-order valence-corrected chi connectivity index (χ3v) is 5.89. The summed E-state index contributed by atoms with van der Waals surface area (Å²) >= 11 is 13.7. The van der Waals surface area contributed by atoms with Gasteiger partial charge in [-0.25, -0.2) is 4.39 Å². The highest BCUT2D eigenvalue weighted by Gasteiger charge is 2.39. The van der Waals surface area contributed by atoms with Crippen molar-refractivity contribution in [3.63, 3.8) is 0 Å². The number of aliphatic carboxylic acids is 1. The zero-order valence-corrected chi connectivity index (χ0v) is 14.8. The number of halogens is 3. The summed E-state index contributed by atoms with van der Waals surface area (Å²) in [5.41, 5.74) is 1.20. The Kier molecular flexibility index (Phi) is 5.35. The second kappa shape index (κ2) is 7.31. The molecule has 0 amide bonds. The maximum atomic E-state index is 14.1. The van der Waals surface area contributed by atoms with Gasteiger partial charge in [0, 0.05) is 27.9 Å². The standard InChI is InChI=1S/C17H14Cl2FNO2S/c18-11-4-1-3-10(7-11)16-21(15(9-24-16)17(22)23)8-12-13(19)5-2-6-14(12)20/h1-7,15-16H,8-9H2,(H,22,23). The molecule has 1 heterocycles. The number of nitrogens with zero attached hydrogens (tertiary/aromatic N) is 1. The Morgan fingerprint density at radius 2 is 2.04 bits per heavy atom. The fraction of sp³-hybridized carbons (Fsp3) is 0.235. The van der Waals surface area contributed by atoms with Crippen LogP contribution in [0.4, 0.5) is 4.39 Å². The van der Waals surface area contributed by atoms with Gasteiger partial charge in [-0.1, -0.05) is 41.4 Å². The smallest absolute Gasteiger partial charge is 0.321 e. The van der Waals surface area contributed by atoms with Gasteiger partial charge in [-0.15, -0.1) is 11.8 Å². The van der Waals surface area contributed by atoms with E-state index in [1.807, 2.05) is 12.1 Å². The van der Waals surface area contributed by atoms with Gasteiger partial charge < -0.3 is 5.11 Å². The van der Waals surface area contributed by atoms with E-state index in [-0.39, 0.29) is 11.9 Å². The molecule has 1 aliphatic rings. The highest BCUT2D eigenvalue weighted by molar-refractivity contribution is 7.99. The van der Waals surface area contributed by atoms with Gasteiger partial charge in [0.15, 0.2) is 0 Å². The van der Waals surface area contributed by atoms with Gasteiger partial charge >= 0.3 is 5.97 Å². The maximum Gasteiger partial charge on any atom is 0.321 e. The van der Waals surface area contributed by atoms with E-state index in [1.54, 1.807) is 23.1 Å². The van der Waals surface area contributed by atoms with Gasteiger partial charge in [0.1, 0.15) is 11.9 Å². The molecule has 0 aliphatic carbocycles. The third-order valence-electron chi connectivity index (χ3n) is 3.93. The van der Waals surface area contributed by atoms with Crippen molar-refractivity contribution in [1.29, 1.82) is 0 Å². The molecule has 2 aromatic carbocycles. The van der Waals surface area contributed by atoms with E-state index in [9.17, 15) is 14.3 Å². The predicted molar refractivity (Wildman–Crippen MR) is 95.0 cm³/mol. The zero-order chi connectivity index (χ0) is 17.3. The minimum absolute atomic E-state index is 0.118. The monoisotopic (exact) mass is 385 g/mol. The normalized spacial score (nSPS) is 21.1. The molecule has 0 radical (unpaired) electrons. The Morgan fingerprint density at radius 3 is 2.71 bits per heavy atom. The molecule has 126 valence electrons. The molecule has 24 heavy (non-hydrogen) atoms. The molecule has 2 atom stereocenters. The predicted octanol–water partition coefficient (Wildman–Crippen LogP) is 4.83. The molecule has 1 aliphatic heterocycles. The highest BCUT2D eigenvalue weighted by atomic mass is 35.5. The summed E-state index contributed by atoms with van der Waals surface area (Å²) in [6.07, 6.45) is 0. The van der Waals surface area contributed by atoms with E-state index in [4.69, 9.17) is 23.2 Å². The SMILES string of the molecule is O=C(O)C1CSC(c2cccc(Cl)c2)N1Cc1c(F)cccc1Cl. The van der Waals surface area contributed by atoms with Crippen LogP contribution >= 0.6 is 35.0 Å². The molecule has 7 heteroatoms. The number of carboxylic acid groups (broad SMARTS) is 1. The number of carbonyl (C=O) groups is 1. The molecular formula is C17H14Cl2FNO2S. The van der Waals surface area contributed by atoms with Crippen molar-refractivity contribution in [2.45, 2.75) is 18.0 Å². The summed E-state index contributed by atoms with van der Waals surface area (Å²) in [5.74, 6) is -0.952. The highest BCUT2D eigenvalue weighted by Crippen LogP contribution is 2.43. The average Bonchev–Trinajstić information content (AvgIpc) is 2.95.